The lowest BCUT2D eigenvalue weighted by molar-refractivity contribution is 0.840. The van der Waals surface area contributed by atoms with Crippen LogP contribution in [-0.4, -0.2) is 20.2 Å². The van der Waals surface area contributed by atoms with Gasteiger partial charge >= 0.3 is 0 Å². The molecule has 3 rings (SSSR count). The van der Waals surface area contributed by atoms with Crippen molar-refractivity contribution in [2.24, 2.45) is 0 Å². The maximum Gasteiger partial charge on any atom is 0.208 e. The molecule has 1 aromatic carbocycles. The van der Waals surface area contributed by atoms with Crippen molar-refractivity contribution in [3.8, 4) is 10.6 Å². The number of nitrogens with zero attached hydrogens (tertiary/aromatic N) is 3. The first-order valence-electron chi connectivity index (χ1n) is 6.99. The summed E-state index contributed by atoms with van der Waals surface area (Å²) in [6.07, 6.45) is 2.01. The Bertz CT molecular complexity index is 753. The normalized spacial score (nSPS) is 11.0. The second kappa shape index (κ2) is 7.39. The van der Waals surface area contributed by atoms with Crippen molar-refractivity contribution < 1.29 is 0 Å². The number of benzene rings is 1. The largest absolute Gasteiger partial charge is 0.262 e. The van der Waals surface area contributed by atoms with Crippen LogP contribution in [0.15, 0.2) is 39.3 Å². The Labute approximate surface area is 145 Å². The summed E-state index contributed by atoms with van der Waals surface area (Å²) >= 11 is 6.77. The fourth-order valence-corrected chi connectivity index (χ4v) is 3.99. The molecule has 0 fully saturated rings. The highest BCUT2D eigenvalue weighted by Crippen LogP contribution is 2.28. The first-order valence-corrected chi connectivity index (χ1v) is 9.65. The zero-order valence-corrected chi connectivity index (χ0v) is 15.3. The molecule has 0 unspecified atom stereocenters. The molecule has 4 nitrogen and oxygen atoms in total. The van der Waals surface area contributed by atoms with Crippen LogP contribution in [0.25, 0.3) is 10.6 Å². The van der Waals surface area contributed by atoms with E-state index in [4.69, 9.17) is 4.98 Å². The summed E-state index contributed by atoms with van der Waals surface area (Å²) in [6, 6.07) is 8.21. The average Bonchev–Trinajstić information content (AvgIpc) is 3.15. The highest BCUT2D eigenvalue weighted by atomic mass is 79.9. The molecule has 7 heteroatoms. The monoisotopic (exact) mass is 394 g/mol. The lowest BCUT2D eigenvalue weighted by Gasteiger charge is -1.96. The molecule has 22 heavy (non-hydrogen) atoms. The van der Waals surface area contributed by atoms with Gasteiger partial charge in [0, 0.05) is 27.6 Å². The molecule has 0 radical (unpaired) electrons. The third-order valence-corrected chi connectivity index (χ3v) is 5.28. The van der Waals surface area contributed by atoms with Crippen molar-refractivity contribution in [3.05, 3.63) is 45.6 Å². The molecule has 0 spiro atoms. The lowest BCUT2D eigenvalue weighted by Crippen LogP contribution is -1.85. The Balaban J connectivity index is 1.64. The topological polar surface area (TPSA) is 54.5 Å². The quantitative estimate of drug-likeness (QED) is 0.601. The van der Waals surface area contributed by atoms with Gasteiger partial charge in [0.1, 0.15) is 10.8 Å². The molecule has 2 aromatic heterocycles. The molecule has 0 amide bonds. The molecular weight excluding hydrogens is 380 g/mol. The van der Waals surface area contributed by atoms with Gasteiger partial charge in [-0.25, -0.2) is 9.97 Å². The second-order valence-electron chi connectivity index (χ2n) is 4.76. The molecule has 0 aliphatic rings. The third-order valence-electron chi connectivity index (χ3n) is 2.97. The van der Waals surface area contributed by atoms with Crippen LogP contribution in [-0.2, 0) is 12.2 Å². The van der Waals surface area contributed by atoms with Crippen LogP contribution in [0.2, 0.25) is 0 Å². The Morgan fingerprint density at radius 3 is 3.05 bits per heavy atom. The first-order chi connectivity index (χ1) is 10.7. The zero-order chi connectivity index (χ0) is 15.4. The number of thioether (sulfide) groups is 1. The fraction of sp³-hybridized carbons (Fsp3) is 0.267. The maximum absolute atomic E-state index is 4.69. The Kier molecular flexibility index (Phi) is 5.28. The van der Waals surface area contributed by atoms with E-state index < -0.39 is 0 Å². The minimum Gasteiger partial charge on any atom is -0.262 e. The fourth-order valence-electron chi connectivity index (χ4n) is 1.96. The van der Waals surface area contributed by atoms with Gasteiger partial charge in [-0.05, 0) is 18.6 Å². The van der Waals surface area contributed by atoms with Gasteiger partial charge in [0.15, 0.2) is 0 Å². The van der Waals surface area contributed by atoms with Gasteiger partial charge in [0.05, 0.1) is 5.69 Å². The van der Waals surface area contributed by atoms with Crippen LogP contribution in [0.4, 0.5) is 0 Å². The number of nitrogens with one attached hydrogen (secondary N) is 1. The van der Waals surface area contributed by atoms with Crippen molar-refractivity contribution >= 4 is 39.0 Å². The van der Waals surface area contributed by atoms with E-state index in [0.717, 1.165) is 50.3 Å². The lowest BCUT2D eigenvalue weighted by atomic mass is 10.2. The summed E-state index contributed by atoms with van der Waals surface area (Å²) in [6.45, 7) is 2.13. The SMILES string of the molecule is CCCc1nc(SCc2csc(-c3cccc(Br)c3)n2)n[nH]1. The van der Waals surface area contributed by atoms with Crippen LogP contribution in [0, 0.1) is 0 Å². The van der Waals surface area contributed by atoms with E-state index in [9.17, 15) is 0 Å². The molecule has 0 aliphatic carbocycles. The highest BCUT2D eigenvalue weighted by Gasteiger charge is 2.08. The second-order valence-corrected chi connectivity index (χ2v) is 7.47. The van der Waals surface area contributed by atoms with E-state index in [1.165, 1.54) is 0 Å². The van der Waals surface area contributed by atoms with E-state index in [1.54, 1.807) is 23.1 Å². The number of aromatic amines is 1. The van der Waals surface area contributed by atoms with Crippen LogP contribution in [0.1, 0.15) is 24.9 Å². The smallest absolute Gasteiger partial charge is 0.208 e. The van der Waals surface area contributed by atoms with Gasteiger partial charge in [-0.1, -0.05) is 46.7 Å². The molecule has 114 valence electrons. The van der Waals surface area contributed by atoms with Crippen molar-refractivity contribution in [2.45, 2.75) is 30.7 Å². The van der Waals surface area contributed by atoms with E-state index in [2.05, 4.69) is 55.5 Å². The average molecular weight is 395 g/mol. The maximum atomic E-state index is 4.69. The molecule has 0 saturated carbocycles. The van der Waals surface area contributed by atoms with Crippen LogP contribution < -0.4 is 0 Å². The van der Waals surface area contributed by atoms with Gasteiger partial charge in [0.25, 0.3) is 0 Å². The summed E-state index contributed by atoms with van der Waals surface area (Å²) in [4.78, 5) is 9.15. The van der Waals surface area contributed by atoms with Crippen LogP contribution >= 0.6 is 39.0 Å². The summed E-state index contributed by atoms with van der Waals surface area (Å²) in [7, 11) is 0. The number of aryl methyl sites for hydroxylation is 1. The highest BCUT2D eigenvalue weighted by molar-refractivity contribution is 9.10. The van der Waals surface area contributed by atoms with E-state index >= 15 is 0 Å². The van der Waals surface area contributed by atoms with Crippen LogP contribution in [0.5, 0.6) is 0 Å². The molecule has 3 aromatic rings. The van der Waals surface area contributed by atoms with Gasteiger partial charge in [0.2, 0.25) is 5.16 Å². The van der Waals surface area contributed by atoms with E-state index in [1.807, 2.05) is 12.1 Å². The molecule has 0 saturated heterocycles. The van der Waals surface area contributed by atoms with Crippen molar-refractivity contribution in [2.75, 3.05) is 0 Å². The number of thiazole rings is 1. The first kappa shape index (κ1) is 15.7. The molecular formula is C15H15BrN4S2. The summed E-state index contributed by atoms with van der Waals surface area (Å²) in [5.41, 5.74) is 2.20. The minimum absolute atomic E-state index is 0.786. The number of rotatable bonds is 6. The number of H-pyrrole nitrogens is 1. The number of halogens is 1. The van der Waals surface area contributed by atoms with E-state index in [0.29, 0.717) is 0 Å². The van der Waals surface area contributed by atoms with Gasteiger partial charge in [-0.2, -0.15) is 0 Å². The van der Waals surface area contributed by atoms with Crippen molar-refractivity contribution in [1.29, 1.82) is 0 Å². The van der Waals surface area contributed by atoms with Gasteiger partial charge < -0.3 is 0 Å². The molecule has 0 atom stereocenters. The molecule has 0 aliphatic heterocycles. The predicted octanol–water partition coefficient (Wildman–Crippen LogP) is 4.94. The van der Waals surface area contributed by atoms with Crippen molar-refractivity contribution in [3.63, 3.8) is 0 Å². The molecule has 0 bridgehead atoms. The van der Waals surface area contributed by atoms with Crippen molar-refractivity contribution in [1.82, 2.24) is 20.2 Å². The number of hydrogen-bond donors (Lipinski definition) is 1. The molecule has 2 heterocycles. The van der Waals surface area contributed by atoms with E-state index in [-0.39, 0.29) is 0 Å². The summed E-state index contributed by atoms with van der Waals surface area (Å²) in [5.74, 6) is 1.74. The Morgan fingerprint density at radius 2 is 2.23 bits per heavy atom. The Morgan fingerprint density at radius 1 is 1.32 bits per heavy atom. The Hall–Kier alpha value is -1.18. The zero-order valence-electron chi connectivity index (χ0n) is 12.0. The van der Waals surface area contributed by atoms with Gasteiger partial charge in [-0.15, -0.1) is 16.4 Å². The third kappa shape index (κ3) is 3.97. The number of hydrogen-bond acceptors (Lipinski definition) is 5. The van der Waals surface area contributed by atoms with Crippen LogP contribution in [0.3, 0.4) is 0 Å². The minimum atomic E-state index is 0.786. The standard InChI is InChI=1S/C15H15BrN4S2/c1-2-4-13-18-15(20-19-13)22-9-12-8-21-14(17-12)10-5-3-6-11(16)7-10/h3,5-8H,2,4,9H2,1H3,(H,18,19,20). The summed E-state index contributed by atoms with van der Waals surface area (Å²) < 4.78 is 1.07. The van der Waals surface area contributed by atoms with Gasteiger partial charge in [-0.3, -0.25) is 5.10 Å². The summed E-state index contributed by atoms with van der Waals surface area (Å²) in [5, 5.41) is 11.1. The molecule has 1 N–H and O–H groups in total. The predicted molar refractivity (Wildman–Crippen MR) is 95.2 cm³/mol. The number of aromatic nitrogens is 4.